The van der Waals surface area contributed by atoms with Crippen molar-refractivity contribution >= 4 is 8.80 Å². The highest BCUT2D eigenvalue weighted by Crippen LogP contribution is 2.20. The number of hydrogen-bond acceptors (Lipinski definition) is 3. The molecule has 0 aromatic rings. The van der Waals surface area contributed by atoms with Gasteiger partial charge in [-0.05, 0) is 33.6 Å². The SMILES string of the molecule is CCCCCCCCCCCCCCCCCCCC[N+](C)(C)CCC[Si](OCC)(OCC)OCC. The van der Waals surface area contributed by atoms with E-state index < -0.39 is 8.80 Å². The number of hydrogen-bond donors (Lipinski definition) is 0. The molecule has 0 aliphatic rings. The average Bonchev–Trinajstić information content (AvgIpc) is 2.83. The van der Waals surface area contributed by atoms with E-state index in [1.54, 1.807) is 0 Å². The van der Waals surface area contributed by atoms with E-state index in [1.807, 2.05) is 20.8 Å². The van der Waals surface area contributed by atoms with Gasteiger partial charge in [0.2, 0.25) is 0 Å². The largest absolute Gasteiger partial charge is 0.501 e. The zero-order valence-corrected chi connectivity index (χ0v) is 26.8. The standard InChI is InChI=1S/C31H68NO3Si/c1-7-11-12-13-14-15-16-17-18-19-20-21-22-23-24-25-26-27-29-32(5,6)30-28-31-36(33-8-2,34-9-3)35-10-4/h7-31H2,1-6H3/q+1. The molecule has 0 fully saturated rings. The Morgan fingerprint density at radius 3 is 1.06 bits per heavy atom. The normalized spacial score (nSPS) is 12.5. The Morgan fingerprint density at radius 2 is 0.722 bits per heavy atom. The van der Waals surface area contributed by atoms with Crippen LogP contribution in [0.2, 0.25) is 6.04 Å². The zero-order chi connectivity index (χ0) is 26.8. The van der Waals surface area contributed by atoms with Crippen molar-refractivity contribution in [3.05, 3.63) is 0 Å². The van der Waals surface area contributed by atoms with Crippen LogP contribution in [-0.2, 0) is 13.3 Å². The summed E-state index contributed by atoms with van der Waals surface area (Å²) in [5.74, 6) is 0. The van der Waals surface area contributed by atoms with Crippen LogP contribution in [0.15, 0.2) is 0 Å². The fourth-order valence-electron chi connectivity index (χ4n) is 5.28. The van der Waals surface area contributed by atoms with E-state index in [9.17, 15) is 0 Å². The first-order valence-electron chi connectivity index (χ1n) is 16.2. The molecular weight excluding hydrogens is 462 g/mol. The summed E-state index contributed by atoms with van der Waals surface area (Å²) in [6.07, 6.45) is 27.0. The van der Waals surface area contributed by atoms with Gasteiger partial charge in [0.25, 0.3) is 0 Å². The summed E-state index contributed by atoms with van der Waals surface area (Å²) in [7, 11) is 2.26. The Balaban J connectivity index is 3.62. The summed E-state index contributed by atoms with van der Waals surface area (Å²) < 4.78 is 19.1. The third kappa shape index (κ3) is 22.1. The van der Waals surface area contributed by atoms with E-state index in [4.69, 9.17) is 13.3 Å². The third-order valence-electron chi connectivity index (χ3n) is 7.46. The quantitative estimate of drug-likeness (QED) is 0.0547. The second-order valence-electron chi connectivity index (χ2n) is 11.5. The van der Waals surface area contributed by atoms with Crippen molar-refractivity contribution < 1.29 is 17.8 Å². The molecular formula is C31H68NO3Si+. The molecule has 0 aliphatic carbocycles. The highest BCUT2D eigenvalue weighted by molar-refractivity contribution is 6.60. The van der Waals surface area contributed by atoms with Gasteiger partial charge in [0.05, 0.1) is 27.2 Å². The topological polar surface area (TPSA) is 27.7 Å². The minimum Gasteiger partial charge on any atom is -0.374 e. The lowest BCUT2D eigenvalue weighted by atomic mass is 10.0. The van der Waals surface area contributed by atoms with Gasteiger partial charge in [-0.15, -0.1) is 0 Å². The third-order valence-corrected chi connectivity index (χ3v) is 10.6. The maximum Gasteiger partial charge on any atom is 0.501 e. The van der Waals surface area contributed by atoms with Gasteiger partial charge in [-0.2, -0.15) is 0 Å². The first-order chi connectivity index (χ1) is 17.4. The average molecular weight is 531 g/mol. The molecule has 0 saturated heterocycles. The van der Waals surface area contributed by atoms with Crippen molar-refractivity contribution in [1.29, 1.82) is 0 Å². The minimum absolute atomic E-state index is 0.670. The molecule has 0 unspecified atom stereocenters. The van der Waals surface area contributed by atoms with E-state index in [1.165, 1.54) is 129 Å². The van der Waals surface area contributed by atoms with Gasteiger partial charge in [-0.25, -0.2) is 0 Å². The Kier molecular flexibility index (Phi) is 25.4. The predicted molar refractivity (Wildman–Crippen MR) is 161 cm³/mol. The maximum absolute atomic E-state index is 6.01. The van der Waals surface area contributed by atoms with E-state index in [2.05, 4.69) is 21.0 Å². The summed E-state index contributed by atoms with van der Waals surface area (Å²) in [6, 6.07) is 0.934. The predicted octanol–water partition coefficient (Wildman–Crippen LogP) is 9.54. The van der Waals surface area contributed by atoms with E-state index in [0.717, 1.165) is 16.9 Å². The summed E-state index contributed by atoms with van der Waals surface area (Å²) in [4.78, 5) is 0. The van der Waals surface area contributed by atoms with Gasteiger partial charge in [-0.1, -0.05) is 110 Å². The first kappa shape index (κ1) is 36.1. The molecule has 0 aromatic carbocycles. The molecule has 0 aromatic heterocycles. The van der Waals surface area contributed by atoms with Gasteiger partial charge in [0.15, 0.2) is 0 Å². The molecule has 0 radical (unpaired) electrons. The van der Waals surface area contributed by atoms with Gasteiger partial charge < -0.3 is 17.8 Å². The molecule has 0 amide bonds. The van der Waals surface area contributed by atoms with Crippen molar-refractivity contribution in [1.82, 2.24) is 0 Å². The van der Waals surface area contributed by atoms with Gasteiger partial charge in [0, 0.05) is 32.3 Å². The Hall–Kier alpha value is 0.0569. The van der Waals surface area contributed by atoms with Crippen molar-refractivity contribution in [2.75, 3.05) is 47.0 Å². The van der Waals surface area contributed by atoms with Crippen molar-refractivity contribution in [2.24, 2.45) is 0 Å². The van der Waals surface area contributed by atoms with E-state index in [-0.39, 0.29) is 0 Å². The Bertz CT molecular complexity index is 431. The Labute approximate surface area is 229 Å². The van der Waals surface area contributed by atoms with Crippen LogP contribution in [0.3, 0.4) is 0 Å². The lowest BCUT2D eigenvalue weighted by molar-refractivity contribution is -0.890. The van der Waals surface area contributed by atoms with Crippen LogP contribution in [0.4, 0.5) is 0 Å². The fourth-order valence-corrected chi connectivity index (χ4v) is 7.87. The van der Waals surface area contributed by atoms with Crippen molar-refractivity contribution in [3.63, 3.8) is 0 Å². The lowest BCUT2D eigenvalue weighted by Gasteiger charge is -2.32. The summed E-state index contributed by atoms with van der Waals surface area (Å²) in [5, 5.41) is 0. The molecule has 0 bridgehead atoms. The van der Waals surface area contributed by atoms with Gasteiger partial charge in [-0.3, -0.25) is 0 Å². The van der Waals surface area contributed by atoms with Crippen LogP contribution in [0.25, 0.3) is 0 Å². The number of unbranched alkanes of at least 4 members (excludes halogenated alkanes) is 17. The monoisotopic (exact) mass is 530 g/mol. The molecule has 0 heterocycles. The van der Waals surface area contributed by atoms with E-state index in [0.29, 0.717) is 19.8 Å². The van der Waals surface area contributed by atoms with Crippen LogP contribution in [0.1, 0.15) is 150 Å². The van der Waals surface area contributed by atoms with Gasteiger partial charge in [0.1, 0.15) is 0 Å². The van der Waals surface area contributed by atoms with Crippen molar-refractivity contribution in [2.45, 2.75) is 156 Å². The van der Waals surface area contributed by atoms with Gasteiger partial charge >= 0.3 is 8.80 Å². The molecule has 0 saturated carbocycles. The molecule has 0 N–H and O–H groups in total. The maximum atomic E-state index is 6.01. The number of rotatable bonds is 29. The highest BCUT2D eigenvalue weighted by atomic mass is 28.4. The summed E-state index contributed by atoms with van der Waals surface area (Å²) >= 11 is 0. The Morgan fingerprint density at radius 1 is 0.417 bits per heavy atom. The minimum atomic E-state index is -2.48. The number of quaternary nitrogens is 1. The first-order valence-corrected chi connectivity index (χ1v) is 18.1. The molecule has 0 atom stereocenters. The molecule has 0 rings (SSSR count). The van der Waals surface area contributed by atoms with Crippen LogP contribution in [0, 0.1) is 0 Å². The lowest BCUT2D eigenvalue weighted by Crippen LogP contribution is -2.48. The second kappa shape index (κ2) is 25.3. The smallest absolute Gasteiger partial charge is 0.374 e. The molecule has 4 nitrogen and oxygen atoms in total. The van der Waals surface area contributed by atoms with Crippen LogP contribution in [-0.4, -0.2) is 60.3 Å². The zero-order valence-electron chi connectivity index (χ0n) is 25.8. The van der Waals surface area contributed by atoms with Crippen LogP contribution < -0.4 is 0 Å². The van der Waals surface area contributed by atoms with E-state index >= 15 is 0 Å². The molecule has 0 spiro atoms. The van der Waals surface area contributed by atoms with Crippen LogP contribution >= 0.6 is 0 Å². The highest BCUT2D eigenvalue weighted by Gasteiger charge is 2.40. The van der Waals surface area contributed by atoms with Crippen molar-refractivity contribution in [3.8, 4) is 0 Å². The summed E-state index contributed by atoms with van der Waals surface area (Å²) in [5.41, 5.74) is 0. The van der Waals surface area contributed by atoms with Crippen LogP contribution in [0.5, 0.6) is 0 Å². The molecule has 5 heteroatoms. The fraction of sp³-hybridized carbons (Fsp3) is 1.00. The second-order valence-corrected chi connectivity index (χ2v) is 14.2. The number of nitrogens with zero attached hydrogens (tertiary/aromatic N) is 1. The molecule has 218 valence electrons. The molecule has 36 heavy (non-hydrogen) atoms. The summed E-state index contributed by atoms with van der Waals surface area (Å²) in [6.45, 7) is 12.9. The molecule has 0 aliphatic heterocycles.